The van der Waals surface area contributed by atoms with Crippen LogP contribution < -0.4 is 11.1 Å². The van der Waals surface area contributed by atoms with Crippen LogP contribution in [-0.4, -0.2) is 21.7 Å². The van der Waals surface area contributed by atoms with E-state index in [1.54, 1.807) is 4.68 Å². The normalized spacial score (nSPS) is 12.7. The van der Waals surface area contributed by atoms with E-state index in [9.17, 15) is 4.79 Å². The maximum atomic E-state index is 12.2. The Morgan fingerprint density at radius 2 is 2.06 bits per heavy atom. The summed E-state index contributed by atoms with van der Waals surface area (Å²) in [6.07, 6.45) is 3.64. The molecule has 0 saturated heterocycles. The molecule has 0 aliphatic carbocycles. The van der Waals surface area contributed by atoms with Crippen LogP contribution in [-0.2, 0) is 6.54 Å². The Hall–Kier alpha value is -1.52. The third-order valence-electron chi connectivity index (χ3n) is 3.50. The first-order valence-electron chi connectivity index (χ1n) is 6.67. The molecule has 1 unspecified atom stereocenters. The molecule has 1 aromatic rings. The SMILES string of the molecule is CCC(CC)C(C)NC(=O)c1c(N)cnn1CC. The Balaban J connectivity index is 2.79. The minimum atomic E-state index is -0.133. The first-order valence-corrected chi connectivity index (χ1v) is 6.67. The van der Waals surface area contributed by atoms with Crippen LogP contribution in [0, 0.1) is 5.92 Å². The van der Waals surface area contributed by atoms with Gasteiger partial charge in [-0.1, -0.05) is 26.7 Å². The smallest absolute Gasteiger partial charge is 0.271 e. The summed E-state index contributed by atoms with van der Waals surface area (Å²) < 4.78 is 1.63. The first kappa shape index (κ1) is 14.5. The molecule has 0 bridgehead atoms. The monoisotopic (exact) mass is 252 g/mol. The molecule has 5 heteroatoms. The van der Waals surface area contributed by atoms with Gasteiger partial charge in [-0.2, -0.15) is 5.10 Å². The topological polar surface area (TPSA) is 72.9 Å². The summed E-state index contributed by atoms with van der Waals surface area (Å²) in [6.45, 7) is 8.90. The van der Waals surface area contributed by atoms with Gasteiger partial charge in [0.1, 0.15) is 5.69 Å². The lowest BCUT2D eigenvalue weighted by atomic mass is 9.95. The van der Waals surface area contributed by atoms with E-state index in [0.717, 1.165) is 12.8 Å². The number of amides is 1. The fraction of sp³-hybridized carbons (Fsp3) is 0.692. The van der Waals surface area contributed by atoms with E-state index in [0.29, 0.717) is 23.8 Å². The van der Waals surface area contributed by atoms with Crippen molar-refractivity contribution < 1.29 is 4.79 Å². The van der Waals surface area contributed by atoms with Crippen molar-refractivity contribution in [1.29, 1.82) is 0 Å². The van der Waals surface area contributed by atoms with E-state index in [2.05, 4.69) is 24.3 Å². The van der Waals surface area contributed by atoms with Crippen molar-refractivity contribution in [1.82, 2.24) is 15.1 Å². The fourth-order valence-corrected chi connectivity index (χ4v) is 2.28. The maximum Gasteiger partial charge on any atom is 0.271 e. The van der Waals surface area contributed by atoms with Gasteiger partial charge in [-0.25, -0.2) is 0 Å². The van der Waals surface area contributed by atoms with Crippen molar-refractivity contribution in [3.8, 4) is 0 Å². The Morgan fingerprint density at radius 1 is 1.44 bits per heavy atom. The molecule has 1 atom stereocenters. The Morgan fingerprint density at radius 3 is 2.56 bits per heavy atom. The second kappa shape index (κ2) is 6.42. The molecule has 1 aromatic heterocycles. The van der Waals surface area contributed by atoms with Crippen molar-refractivity contribution in [3.63, 3.8) is 0 Å². The van der Waals surface area contributed by atoms with E-state index in [1.807, 2.05) is 13.8 Å². The lowest BCUT2D eigenvalue weighted by Gasteiger charge is -2.22. The number of hydrogen-bond donors (Lipinski definition) is 2. The number of carbonyl (C=O) groups is 1. The van der Waals surface area contributed by atoms with Gasteiger partial charge in [0.05, 0.1) is 11.9 Å². The highest BCUT2D eigenvalue weighted by molar-refractivity contribution is 5.97. The highest BCUT2D eigenvalue weighted by Gasteiger charge is 2.21. The molecule has 1 rings (SSSR count). The standard InChI is InChI=1S/C13H24N4O/c1-5-10(6-2)9(4)16-13(18)12-11(14)8-15-17(12)7-3/h8-10H,5-7,14H2,1-4H3,(H,16,18). The summed E-state index contributed by atoms with van der Waals surface area (Å²) in [7, 11) is 0. The van der Waals surface area contributed by atoms with Gasteiger partial charge in [-0.05, 0) is 19.8 Å². The quantitative estimate of drug-likeness (QED) is 0.813. The average Bonchev–Trinajstić information content (AvgIpc) is 2.71. The molecule has 1 heterocycles. The molecular weight excluding hydrogens is 228 g/mol. The second-order valence-corrected chi connectivity index (χ2v) is 4.60. The minimum Gasteiger partial charge on any atom is -0.396 e. The number of hydrogen-bond acceptors (Lipinski definition) is 3. The van der Waals surface area contributed by atoms with Crippen LogP contribution in [0.4, 0.5) is 5.69 Å². The largest absolute Gasteiger partial charge is 0.396 e. The van der Waals surface area contributed by atoms with E-state index < -0.39 is 0 Å². The van der Waals surface area contributed by atoms with Gasteiger partial charge >= 0.3 is 0 Å². The van der Waals surface area contributed by atoms with E-state index in [4.69, 9.17) is 5.73 Å². The summed E-state index contributed by atoms with van der Waals surface area (Å²) in [6, 6.07) is 0.145. The lowest BCUT2D eigenvalue weighted by molar-refractivity contribution is 0.0915. The number of rotatable bonds is 6. The summed E-state index contributed by atoms with van der Waals surface area (Å²) in [5, 5.41) is 7.10. The molecule has 3 N–H and O–H groups in total. The summed E-state index contributed by atoms with van der Waals surface area (Å²) in [5.74, 6) is 0.361. The summed E-state index contributed by atoms with van der Waals surface area (Å²) in [4.78, 5) is 12.2. The Bertz CT molecular complexity index is 396. The number of aromatic nitrogens is 2. The molecule has 1 amide bonds. The van der Waals surface area contributed by atoms with Crippen LogP contribution in [0.1, 0.15) is 51.0 Å². The maximum absolute atomic E-state index is 12.2. The third kappa shape index (κ3) is 3.03. The van der Waals surface area contributed by atoms with Crippen LogP contribution >= 0.6 is 0 Å². The summed E-state index contributed by atoms with van der Waals surface area (Å²) in [5.41, 5.74) is 6.69. The molecule has 102 valence electrons. The van der Waals surface area contributed by atoms with Crippen LogP contribution in [0.2, 0.25) is 0 Å². The van der Waals surface area contributed by atoms with Gasteiger partial charge < -0.3 is 11.1 Å². The number of carbonyl (C=O) groups excluding carboxylic acids is 1. The van der Waals surface area contributed by atoms with Gasteiger partial charge in [-0.15, -0.1) is 0 Å². The molecule has 0 aliphatic rings. The van der Waals surface area contributed by atoms with Gasteiger partial charge in [0.15, 0.2) is 0 Å². The number of aryl methyl sites for hydroxylation is 1. The number of nitrogen functional groups attached to an aromatic ring is 1. The van der Waals surface area contributed by atoms with Crippen molar-refractivity contribution in [2.75, 3.05) is 5.73 Å². The second-order valence-electron chi connectivity index (χ2n) is 4.60. The van der Waals surface area contributed by atoms with Crippen molar-refractivity contribution in [3.05, 3.63) is 11.9 Å². The van der Waals surface area contributed by atoms with Crippen molar-refractivity contribution in [2.45, 2.75) is 53.1 Å². The molecule has 0 aromatic carbocycles. The van der Waals surface area contributed by atoms with Gasteiger partial charge in [0, 0.05) is 12.6 Å². The molecule has 18 heavy (non-hydrogen) atoms. The van der Waals surface area contributed by atoms with Crippen LogP contribution in [0.5, 0.6) is 0 Å². The molecule has 5 nitrogen and oxygen atoms in total. The van der Waals surface area contributed by atoms with Crippen LogP contribution in [0.15, 0.2) is 6.20 Å². The zero-order valence-electron chi connectivity index (χ0n) is 11.7. The predicted octanol–water partition coefficient (Wildman–Crippen LogP) is 2.04. The molecule has 0 fully saturated rings. The predicted molar refractivity (Wildman–Crippen MR) is 73.3 cm³/mol. The highest BCUT2D eigenvalue weighted by Crippen LogP contribution is 2.15. The van der Waals surface area contributed by atoms with E-state index >= 15 is 0 Å². The number of anilines is 1. The summed E-state index contributed by atoms with van der Waals surface area (Å²) >= 11 is 0. The van der Waals surface area contributed by atoms with E-state index in [-0.39, 0.29) is 11.9 Å². The third-order valence-corrected chi connectivity index (χ3v) is 3.50. The van der Waals surface area contributed by atoms with Crippen LogP contribution in [0.25, 0.3) is 0 Å². The first-order chi connectivity index (χ1) is 8.54. The molecule has 0 spiro atoms. The molecular formula is C13H24N4O. The van der Waals surface area contributed by atoms with Crippen LogP contribution in [0.3, 0.4) is 0 Å². The highest BCUT2D eigenvalue weighted by atomic mass is 16.2. The number of nitrogens with two attached hydrogens (primary N) is 1. The van der Waals surface area contributed by atoms with Gasteiger partial charge in [0.25, 0.3) is 5.91 Å². The van der Waals surface area contributed by atoms with Crippen molar-refractivity contribution in [2.24, 2.45) is 5.92 Å². The Kier molecular flexibility index (Phi) is 5.19. The number of nitrogens with zero attached hydrogens (tertiary/aromatic N) is 2. The minimum absolute atomic E-state index is 0.133. The Labute approximate surface area is 109 Å². The fourth-order valence-electron chi connectivity index (χ4n) is 2.28. The van der Waals surface area contributed by atoms with Crippen molar-refractivity contribution >= 4 is 11.6 Å². The molecule has 0 radical (unpaired) electrons. The molecule has 0 saturated carbocycles. The lowest BCUT2D eigenvalue weighted by Crippen LogP contribution is -2.39. The zero-order chi connectivity index (χ0) is 13.7. The van der Waals surface area contributed by atoms with E-state index in [1.165, 1.54) is 6.20 Å². The average molecular weight is 252 g/mol. The zero-order valence-corrected chi connectivity index (χ0v) is 11.7. The molecule has 0 aliphatic heterocycles. The van der Waals surface area contributed by atoms with Gasteiger partial charge in [-0.3, -0.25) is 9.48 Å². The number of nitrogens with one attached hydrogen (secondary N) is 1. The van der Waals surface area contributed by atoms with Gasteiger partial charge in [0.2, 0.25) is 0 Å².